The first-order chi connectivity index (χ1) is 6.72. The Balaban J connectivity index is 2.46. The van der Waals surface area contributed by atoms with Gasteiger partial charge in [-0.1, -0.05) is 6.07 Å². The molecule has 4 heteroatoms. The van der Waals surface area contributed by atoms with Crippen LogP contribution in [0.25, 0.3) is 0 Å². The average molecular weight is 194 g/mol. The van der Waals surface area contributed by atoms with Crippen LogP contribution in [0, 0.1) is 0 Å². The van der Waals surface area contributed by atoms with Crippen LogP contribution in [0.3, 0.4) is 0 Å². The van der Waals surface area contributed by atoms with Crippen molar-refractivity contribution < 1.29 is 9.53 Å². The molecule has 1 amide bonds. The Morgan fingerprint density at radius 2 is 2.36 bits per heavy atom. The molecule has 0 aliphatic carbocycles. The highest BCUT2D eigenvalue weighted by molar-refractivity contribution is 5.74. The van der Waals surface area contributed by atoms with E-state index in [4.69, 9.17) is 10.5 Å². The summed E-state index contributed by atoms with van der Waals surface area (Å²) in [6.45, 7) is 0.544. The molecule has 76 valence electrons. The van der Waals surface area contributed by atoms with E-state index in [2.05, 4.69) is 5.32 Å². The molecular weight excluding hydrogens is 180 g/mol. The zero-order valence-corrected chi connectivity index (χ0v) is 8.12. The predicted octanol–water partition coefficient (Wildman–Crippen LogP) is 0.982. The molecule has 0 bridgehead atoms. The quantitative estimate of drug-likeness (QED) is 0.734. The van der Waals surface area contributed by atoms with Crippen molar-refractivity contribution in [3.63, 3.8) is 0 Å². The largest absolute Gasteiger partial charge is 0.497 e. The van der Waals surface area contributed by atoms with Crippen molar-refractivity contribution in [1.29, 1.82) is 0 Å². The zero-order chi connectivity index (χ0) is 10.4. The zero-order valence-electron chi connectivity index (χ0n) is 8.12. The number of primary amides is 1. The van der Waals surface area contributed by atoms with E-state index in [0.717, 1.165) is 11.4 Å². The van der Waals surface area contributed by atoms with Crippen molar-refractivity contribution in [1.82, 2.24) is 0 Å². The lowest BCUT2D eigenvalue weighted by molar-refractivity contribution is -0.117. The number of methoxy groups -OCH3 is 1. The molecule has 0 radical (unpaired) electrons. The predicted molar refractivity (Wildman–Crippen MR) is 55.3 cm³/mol. The van der Waals surface area contributed by atoms with Crippen molar-refractivity contribution in [3.8, 4) is 5.75 Å². The monoisotopic (exact) mass is 194 g/mol. The summed E-state index contributed by atoms with van der Waals surface area (Å²) in [4.78, 5) is 10.5. The average Bonchev–Trinajstić information content (AvgIpc) is 2.18. The van der Waals surface area contributed by atoms with E-state index < -0.39 is 0 Å². The second kappa shape index (κ2) is 5.11. The fraction of sp³-hybridized carbons (Fsp3) is 0.300. The van der Waals surface area contributed by atoms with Gasteiger partial charge < -0.3 is 15.8 Å². The normalized spacial score (nSPS) is 9.50. The molecule has 0 fully saturated rings. The number of anilines is 1. The molecular formula is C10H14N2O2. The second-order valence-electron chi connectivity index (χ2n) is 2.88. The summed E-state index contributed by atoms with van der Waals surface area (Å²) in [6, 6.07) is 7.51. The number of hydrogen-bond acceptors (Lipinski definition) is 3. The van der Waals surface area contributed by atoms with E-state index in [-0.39, 0.29) is 5.91 Å². The lowest BCUT2D eigenvalue weighted by Gasteiger charge is -2.06. The molecule has 0 saturated carbocycles. The van der Waals surface area contributed by atoms with Crippen LogP contribution in [0.15, 0.2) is 24.3 Å². The standard InChI is InChI=1S/C10H14N2O2/c1-14-9-4-2-3-8(7-9)12-6-5-10(11)13/h2-4,7,12H,5-6H2,1H3,(H2,11,13). The van der Waals surface area contributed by atoms with E-state index in [1.54, 1.807) is 7.11 Å². The van der Waals surface area contributed by atoms with E-state index in [9.17, 15) is 4.79 Å². The minimum absolute atomic E-state index is 0.305. The van der Waals surface area contributed by atoms with Gasteiger partial charge in [-0.2, -0.15) is 0 Å². The van der Waals surface area contributed by atoms with Crippen LogP contribution in [-0.4, -0.2) is 19.6 Å². The van der Waals surface area contributed by atoms with Crippen molar-refractivity contribution in [2.75, 3.05) is 19.0 Å². The van der Waals surface area contributed by atoms with Crippen molar-refractivity contribution >= 4 is 11.6 Å². The molecule has 14 heavy (non-hydrogen) atoms. The maximum absolute atomic E-state index is 10.5. The van der Waals surface area contributed by atoms with Gasteiger partial charge >= 0.3 is 0 Å². The number of rotatable bonds is 5. The second-order valence-corrected chi connectivity index (χ2v) is 2.88. The fourth-order valence-electron chi connectivity index (χ4n) is 1.06. The summed E-state index contributed by atoms with van der Waals surface area (Å²) in [5.41, 5.74) is 5.93. The summed E-state index contributed by atoms with van der Waals surface area (Å²) in [6.07, 6.45) is 0.331. The molecule has 0 saturated heterocycles. The number of carbonyl (C=O) groups is 1. The Labute approximate surface area is 83.1 Å². The Hall–Kier alpha value is -1.71. The van der Waals surface area contributed by atoms with Gasteiger partial charge in [0.2, 0.25) is 5.91 Å². The van der Waals surface area contributed by atoms with Gasteiger partial charge in [0, 0.05) is 24.7 Å². The smallest absolute Gasteiger partial charge is 0.219 e. The maximum atomic E-state index is 10.5. The van der Waals surface area contributed by atoms with Crippen molar-refractivity contribution in [3.05, 3.63) is 24.3 Å². The van der Waals surface area contributed by atoms with Crippen molar-refractivity contribution in [2.24, 2.45) is 5.73 Å². The van der Waals surface area contributed by atoms with E-state index in [1.807, 2.05) is 24.3 Å². The first-order valence-electron chi connectivity index (χ1n) is 4.38. The third-order valence-corrected chi connectivity index (χ3v) is 1.77. The van der Waals surface area contributed by atoms with Gasteiger partial charge in [0.05, 0.1) is 7.11 Å². The number of amides is 1. The third-order valence-electron chi connectivity index (χ3n) is 1.77. The minimum Gasteiger partial charge on any atom is -0.497 e. The number of nitrogens with two attached hydrogens (primary N) is 1. The topological polar surface area (TPSA) is 64.3 Å². The van der Waals surface area contributed by atoms with Gasteiger partial charge in [-0.15, -0.1) is 0 Å². The van der Waals surface area contributed by atoms with Crippen molar-refractivity contribution in [2.45, 2.75) is 6.42 Å². The first kappa shape index (κ1) is 10.4. The minimum atomic E-state index is -0.305. The Morgan fingerprint density at radius 1 is 1.57 bits per heavy atom. The van der Waals surface area contributed by atoms with Gasteiger partial charge in [-0.05, 0) is 12.1 Å². The van der Waals surface area contributed by atoms with Crippen LogP contribution in [0.5, 0.6) is 5.75 Å². The summed E-state index contributed by atoms with van der Waals surface area (Å²) >= 11 is 0. The van der Waals surface area contributed by atoms with Gasteiger partial charge in [0.25, 0.3) is 0 Å². The number of nitrogens with one attached hydrogen (secondary N) is 1. The summed E-state index contributed by atoms with van der Waals surface area (Å²) in [7, 11) is 1.61. The molecule has 0 heterocycles. The van der Waals surface area contributed by atoms with Gasteiger partial charge in [0.1, 0.15) is 5.75 Å². The summed E-state index contributed by atoms with van der Waals surface area (Å²) < 4.78 is 5.05. The van der Waals surface area contributed by atoms with Gasteiger partial charge in [0.15, 0.2) is 0 Å². The molecule has 1 aromatic carbocycles. The van der Waals surface area contributed by atoms with Crippen LogP contribution >= 0.6 is 0 Å². The summed E-state index contributed by atoms with van der Waals surface area (Å²) in [5.74, 6) is 0.481. The lowest BCUT2D eigenvalue weighted by atomic mass is 10.3. The number of carbonyl (C=O) groups excluding carboxylic acids is 1. The molecule has 1 aromatic rings. The molecule has 3 N–H and O–H groups in total. The van der Waals surface area contributed by atoms with E-state index >= 15 is 0 Å². The molecule has 0 aliphatic rings. The SMILES string of the molecule is COc1cccc(NCCC(N)=O)c1. The van der Waals surface area contributed by atoms with Crippen LogP contribution in [0.4, 0.5) is 5.69 Å². The van der Waals surface area contributed by atoms with Crippen LogP contribution in [0.1, 0.15) is 6.42 Å². The lowest BCUT2D eigenvalue weighted by Crippen LogP contribution is -2.15. The summed E-state index contributed by atoms with van der Waals surface area (Å²) in [5, 5.41) is 3.07. The molecule has 0 spiro atoms. The molecule has 1 rings (SSSR count). The molecule has 4 nitrogen and oxygen atoms in total. The maximum Gasteiger partial charge on any atom is 0.219 e. The highest BCUT2D eigenvalue weighted by Gasteiger charge is 1.96. The fourth-order valence-corrected chi connectivity index (χ4v) is 1.06. The molecule has 0 aliphatic heterocycles. The number of hydrogen-bond donors (Lipinski definition) is 2. The highest BCUT2D eigenvalue weighted by atomic mass is 16.5. The molecule has 0 atom stereocenters. The van der Waals surface area contributed by atoms with Crippen LogP contribution in [-0.2, 0) is 4.79 Å². The highest BCUT2D eigenvalue weighted by Crippen LogP contribution is 2.16. The van der Waals surface area contributed by atoms with Crippen LogP contribution < -0.4 is 15.8 Å². The van der Waals surface area contributed by atoms with E-state index in [1.165, 1.54) is 0 Å². The Bertz CT molecular complexity index is 313. The van der Waals surface area contributed by atoms with Gasteiger partial charge in [-0.3, -0.25) is 4.79 Å². The molecule has 0 unspecified atom stereocenters. The van der Waals surface area contributed by atoms with E-state index in [0.29, 0.717) is 13.0 Å². The number of benzene rings is 1. The molecule has 0 aromatic heterocycles. The third kappa shape index (κ3) is 3.35. The Kier molecular flexibility index (Phi) is 3.79. The number of ether oxygens (including phenoxy) is 1. The van der Waals surface area contributed by atoms with Gasteiger partial charge in [-0.25, -0.2) is 0 Å². The first-order valence-corrected chi connectivity index (χ1v) is 4.38. The Morgan fingerprint density at radius 3 is 3.00 bits per heavy atom. The van der Waals surface area contributed by atoms with Crippen LogP contribution in [0.2, 0.25) is 0 Å².